The topological polar surface area (TPSA) is 42.0 Å². The molecule has 2 atom stereocenters. The van der Waals surface area contributed by atoms with Gasteiger partial charge < -0.3 is 14.4 Å². The van der Waals surface area contributed by atoms with Crippen LogP contribution in [0.15, 0.2) is 18.2 Å². The van der Waals surface area contributed by atoms with Crippen molar-refractivity contribution in [3.05, 3.63) is 23.8 Å². The Bertz CT molecular complexity index is 645. The number of piperidine rings is 2. The molecule has 3 aliphatic rings. The molecule has 3 aliphatic heterocycles. The van der Waals surface area contributed by atoms with E-state index in [1.165, 1.54) is 12.0 Å². The molecule has 4 rings (SSSR count). The third-order valence-corrected chi connectivity index (χ3v) is 6.30. The van der Waals surface area contributed by atoms with Gasteiger partial charge in [0.05, 0.1) is 6.54 Å². The van der Waals surface area contributed by atoms with Gasteiger partial charge in [0.25, 0.3) is 0 Å². The molecule has 1 aromatic carbocycles. The molecule has 0 radical (unpaired) electrons. The Balaban J connectivity index is 1.31. The molecular weight excluding hydrogens is 328 g/mol. The van der Waals surface area contributed by atoms with Crippen LogP contribution in [0.25, 0.3) is 0 Å². The van der Waals surface area contributed by atoms with E-state index in [1.54, 1.807) is 0 Å². The Morgan fingerprint density at radius 2 is 1.73 bits per heavy atom. The molecule has 5 nitrogen and oxygen atoms in total. The van der Waals surface area contributed by atoms with Crippen LogP contribution in [0.3, 0.4) is 0 Å². The van der Waals surface area contributed by atoms with Gasteiger partial charge in [-0.05, 0) is 82.7 Å². The first-order chi connectivity index (χ1) is 12.6. The molecule has 142 valence electrons. The van der Waals surface area contributed by atoms with Gasteiger partial charge in [0, 0.05) is 12.1 Å². The average molecular weight is 358 g/mol. The van der Waals surface area contributed by atoms with Crippen LogP contribution >= 0.6 is 0 Å². The monoisotopic (exact) mass is 358 g/mol. The highest BCUT2D eigenvalue weighted by Crippen LogP contribution is 2.37. The summed E-state index contributed by atoms with van der Waals surface area (Å²) in [6.45, 7) is 7.26. The van der Waals surface area contributed by atoms with E-state index >= 15 is 0 Å². The summed E-state index contributed by atoms with van der Waals surface area (Å²) in [6.07, 6.45) is 5.72. The van der Waals surface area contributed by atoms with Crippen molar-refractivity contribution in [2.24, 2.45) is 0 Å². The highest BCUT2D eigenvalue weighted by atomic mass is 16.7. The molecule has 0 saturated carbocycles. The lowest BCUT2D eigenvalue weighted by Crippen LogP contribution is -2.51. The first-order valence-electron chi connectivity index (χ1n) is 10.0. The summed E-state index contributed by atoms with van der Waals surface area (Å²) in [5.74, 6) is 2.57. The minimum Gasteiger partial charge on any atom is -0.454 e. The molecule has 2 fully saturated rings. The van der Waals surface area contributed by atoms with Gasteiger partial charge in [-0.1, -0.05) is 6.07 Å². The minimum absolute atomic E-state index is 0.311. The van der Waals surface area contributed by atoms with Crippen molar-refractivity contribution in [1.29, 1.82) is 0 Å². The van der Waals surface area contributed by atoms with Gasteiger partial charge in [-0.15, -0.1) is 0 Å². The molecule has 3 heterocycles. The van der Waals surface area contributed by atoms with Crippen molar-refractivity contribution in [2.45, 2.75) is 64.0 Å². The van der Waals surface area contributed by atoms with Gasteiger partial charge in [0.1, 0.15) is 0 Å². The Morgan fingerprint density at radius 1 is 1.04 bits per heavy atom. The summed E-state index contributed by atoms with van der Waals surface area (Å²) >= 11 is 0. The predicted molar refractivity (Wildman–Crippen MR) is 101 cm³/mol. The zero-order chi connectivity index (χ0) is 18.1. The van der Waals surface area contributed by atoms with E-state index in [-0.39, 0.29) is 0 Å². The lowest BCUT2D eigenvalue weighted by Gasteiger charge is -2.41. The molecule has 0 N–H and O–H groups in total. The van der Waals surface area contributed by atoms with Crippen molar-refractivity contribution in [3.63, 3.8) is 0 Å². The smallest absolute Gasteiger partial charge is 0.237 e. The lowest BCUT2D eigenvalue weighted by molar-refractivity contribution is -0.138. The molecule has 0 aliphatic carbocycles. The first-order valence-corrected chi connectivity index (χ1v) is 10.0. The Morgan fingerprint density at radius 3 is 2.46 bits per heavy atom. The number of likely N-dealkylation sites (tertiary alicyclic amines) is 2. The van der Waals surface area contributed by atoms with Crippen LogP contribution in [0.2, 0.25) is 0 Å². The quantitative estimate of drug-likeness (QED) is 0.831. The summed E-state index contributed by atoms with van der Waals surface area (Å²) in [6, 6.07) is 7.09. The molecule has 1 amide bonds. The van der Waals surface area contributed by atoms with Crippen LogP contribution in [-0.2, 0) is 4.79 Å². The number of carbonyl (C=O) groups excluding carboxylic acids is 1. The van der Waals surface area contributed by atoms with Crippen molar-refractivity contribution >= 4 is 5.91 Å². The lowest BCUT2D eigenvalue weighted by atomic mass is 9.89. The Labute approximate surface area is 156 Å². The number of ether oxygens (including phenoxy) is 2. The van der Waals surface area contributed by atoms with E-state index in [0.717, 1.165) is 50.3 Å². The second kappa shape index (κ2) is 7.47. The molecule has 0 bridgehead atoms. The maximum Gasteiger partial charge on any atom is 0.237 e. The Kier molecular flexibility index (Phi) is 5.07. The van der Waals surface area contributed by atoms with E-state index in [1.807, 2.05) is 6.07 Å². The van der Waals surface area contributed by atoms with E-state index in [0.29, 0.717) is 37.2 Å². The highest BCUT2D eigenvalue weighted by Gasteiger charge is 2.31. The van der Waals surface area contributed by atoms with E-state index in [4.69, 9.17) is 9.47 Å². The van der Waals surface area contributed by atoms with Crippen LogP contribution in [0.1, 0.15) is 57.4 Å². The Hall–Kier alpha value is -1.75. The second-order valence-corrected chi connectivity index (χ2v) is 8.09. The normalized spacial score (nSPS) is 26.9. The van der Waals surface area contributed by atoms with Gasteiger partial charge in [0.15, 0.2) is 11.5 Å². The van der Waals surface area contributed by atoms with E-state index in [9.17, 15) is 4.79 Å². The van der Waals surface area contributed by atoms with E-state index in [2.05, 4.69) is 35.8 Å². The maximum atomic E-state index is 12.8. The predicted octanol–water partition coefficient (Wildman–Crippen LogP) is 3.38. The molecule has 5 heteroatoms. The standard InChI is InChI=1S/C21H30N2O3/c1-15-4-3-5-16(2)23(15)21(24)13-22-10-8-17(9-11-22)18-6-7-19-20(12-18)26-14-25-19/h6-7,12,15-17H,3-5,8-11,13-14H2,1-2H3/t15-,16+. The summed E-state index contributed by atoms with van der Waals surface area (Å²) in [4.78, 5) is 17.3. The van der Waals surface area contributed by atoms with Crippen LogP contribution < -0.4 is 9.47 Å². The van der Waals surface area contributed by atoms with Crippen LogP contribution in [0, 0.1) is 0 Å². The summed E-state index contributed by atoms with van der Waals surface area (Å²) in [5.41, 5.74) is 1.33. The second-order valence-electron chi connectivity index (χ2n) is 8.09. The number of fused-ring (bicyclic) bond motifs is 1. The van der Waals surface area contributed by atoms with Crippen molar-refractivity contribution in [3.8, 4) is 11.5 Å². The van der Waals surface area contributed by atoms with Crippen molar-refractivity contribution < 1.29 is 14.3 Å². The number of carbonyl (C=O) groups is 1. The number of hydrogen-bond donors (Lipinski definition) is 0. The highest BCUT2D eigenvalue weighted by molar-refractivity contribution is 5.79. The summed E-state index contributed by atoms with van der Waals surface area (Å²) < 4.78 is 10.9. The number of nitrogens with zero attached hydrogens (tertiary/aromatic N) is 2. The van der Waals surface area contributed by atoms with Gasteiger partial charge in [-0.2, -0.15) is 0 Å². The van der Waals surface area contributed by atoms with Gasteiger partial charge >= 0.3 is 0 Å². The number of benzene rings is 1. The molecule has 26 heavy (non-hydrogen) atoms. The van der Waals surface area contributed by atoms with Crippen molar-refractivity contribution in [1.82, 2.24) is 9.80 Å². The maximum absolute atomic E-state index is 12.8. The fraction of sp³-hybridized carbons (Fsp3) is 0.667. The van der Waals surface area contributed by atoms with Gasteiger partial charge in [-0.3, -0.25) is 9.69 Å². The molecule has 0 aromatic heterocycles. The minimum atomic E-state index is 0.311. The van der Waals surface area contributed by atoms with Gasteiger partial charge in [0.2, 0.25) is 12.7 Å². The average Bonchev–Trinajstić information content (AvgIpc) is 3.10. The summed E-state index contributed by atoms with van der Waals surface area (Å²) in [5, 5.41) is 0. The third-order valence-electron chi connectivity index (χ3n) is 6.30. The molecule has 0 unspecified atom stereocenters. The molecule has 0 spiro atoms. The number of amides is 1. The molecule has 1 aromatic rings. The zero-order valence-electron chi connectivity index (χ0n) is 15.9. The third kappa shape index (κ3) is 3.54. The van der Waals surface area contributed by atoms with Crippen LogP contribution in [-0.4, -0.2) is 54.2 Å². The van der Waals surface area contributed by atoms with Gasteiger partial charge in [-0.25, -0.2) is 0 Å². The number of rotatable bonds is 3. The van der Waals surface area contributed by atoms with Crippen molar-refractivity contribution in [2.75, 3.05) is 26.4 Å². The molecular formula is C21H30N2O3. The SMILES string of the molecule is C[C@@H]1CCC[C@H](C)N1C(=O)CN1CCC(c2ccc3c(c2)OCO3)CC1. The van der Waals surface area contributed by atoms with E-state index < -0.39 is 0 Å². The fourth-order valence-corrected chi connectivity index (χ4v) is 4.78. The fourth-order valence-electron chi connectivity index (χ4n) is 4.78. The first kappa shape index (κ1) is 17.7. The van der Waals surface area contributed by atoms with Crippen LogP contribution in [0.5, 0.6) is 11.5 Å². The molecule has 2 saturated heterocycles. The number of hydrogen-bond acceptors (Lipinski definition) is 4. The van der Waals surface area contributed by atoms with Crippen LogP contribution in [0.4, 0.5) is 0 Å². The summed E-state index contributed by atoms with van der Waals surface area (Å²) in [7, 11) is 0. The largest absolute Gasteiger partial charge is 0.454 e. The zero-order valence-corrected chi connectivity index (χ0v) is 15.9.